The molecule has 0 fully saturated rings. The van der Waals surface area contributed by atoms with Gasteiger partial charge < -0.3 is 35.1 Å². The predicted octanol–water partition coefficient (Wildman–Crippen LogP) is 3.38. The van der Waals surface area contributed by atoms with Crippen LogP contribution in [0.2, 0.25) is 0 Å². The lowest BCUT2D eigenvalue weighted by Gasteiger charge is -2.48. The van der Waals surface area contributed by atoms with Gasteiger partial charge in [-0.25, -0.2) is 0 Å². The Bertz CT molecular complexity index is 929. The van der Waals surface area contributed by atoms with Crippen molar-refractivity contribution in [2.75, 3.05) is 27.3 Å². The van der Waals surface area contributed by atoms with Crippen molar-refractivity contribution in [3.8, 4) is 17.2 Å². The average molecular weight is 396 g/mol. The number of phenols is 1. The van der Waals surface area contributed by atoms with Crippen LogP contribution in [0.1, 0.15) is 23.6 Å². The van der Waals surface area contributed by atoms with E-state index in [1.807, 2.05) is 18.2 Å². The number of ether oxygens (including phenoxy) is 2. The van der Waals surface area contributed by atoms with Crippen LogP contribution in [0.25, 0.3) is 0 Å². The molecule has 2 aromatic rings. The van der Waals surface area contributed by atoms with Crippen molar-refractivity contribution in [3.63, 3.8) is 0 Å². The van der Waals surface area contributed by atoms with Crippen LogP contribution in [-0.4, -0.2) is 48.6 Å². The van der Waals surface area contributed by atoms with Crippen LogP contribution in [0.5, 0.6) is 17.2 Å². The van der Waals surface area contributed by atoms with Crippen LogP contribution in [0, 0.1) is 10.4 Å². The van der Waals surface area contributed by atoms with Gasteiger partial charge in [-0.15, -0.1) is 0 Å². The first-order valence-corrected chi connectivity index (χ1v) is 9.58. The number of phenolic OH excluding ortho intramolecular Hbond substituents is 1. The van der Waals surface area contributed by atoms with Gasteiger partial charge in [0.25, 0.3) is 0 Å². The first-order valence-electron chi connectivity index (χ1n) is 9.58. The predicted molar refractivity (Wildman–Crippen MR) is 110 cm³/mol. The fourth-order valence-corrected chi connectivity index (χ4v) is 4.37. The molecule has 1 N–H and O–H groups in total. The number of benzene rings is 2. The van der Waals surface area contributed by atoms with Crippen LogP contribution >= 0.6 is 0 Å². The minimum absolute atomic E-state index is 0.106. The second-order valence-corrected chi connectivity index (χ2v) is 7.52. The number of aromatic hydroxyl groups is 1. The van der Waals surface area contributed by atoms with Gasteiger partial charge in [-0.2, -0.15) is 0 Å². The van der Waals surface area contributed by atoms with Crippen LogP contribution in [-0.2, 0) is 6.42 Å². The van der Waals surface area contributed by atoms with Gasteiger partial charge in [-0.1, -0.05) is 23.8 Å². The molecule has 4 rings (SSSR count). The highest BCUT2D eigenvalue weighted by molar-refractivity contribution is 5.44. The number of nitrogens with zero attached hydrogens (tertiary/aromatic N) is 2. The minimum Gasteiger partial charge on any atom is -0.785 e. The van der Waals surface area contributed by atoms with Crippen molar-refractivity contribution in [1.82, 2.24) is 10.1 Å². The van der Waals surface area contributed by atoms with E-state index in [9.17, 15) is 15.5 Å². The van der Waals surface area contributed by atoms with Gasteiger partial charge in [-0.3, -0.25) is 0 Å². The molecule has 2 aliphatic heterocycles. The molecule has 2 unspecified atom stereocenters. The molecule has 0 spiro atoms. The first-order chi connectivity index (χ1) is 14.0. The Morgan fingerprint density at radius 1 is 1.07 bits per heavy atom. The quantitative estimate of drug-likeness (QED) is 0.775. The molecule has 2 aromatic carbocycles. The summed E-state index contributed by atoms with van der Waals surface area (Å²) in [6, 6.07) is 11.4. The fraction of sp³-hybridized carbons (Fsp3) is 0.364. The van der Waals surface area contributed by atoms with Crippen molar-refractivity contribution >= 4 is 0 Å². The lowest BCUT2D eigenvalue weighted by molar-refractivity contribution is 0.206. The molecule has 0 bridgehead atoms. The molecule has 2 aliphatic rings. The number of hydroxylamine groups is 4. The van der Waals surface area contributed by atoms with Crippen LogP contribution < -0.4 is 9.47 Å². The zero-order valence-electron chi connectivity index (χ0n) is 16.5. The van der Waals surface area contributed by atoms with Gasteiger partial charge in [0.2, 0.25) is 0 Å². The maximum Gasteiger partial charge on any atom is 0.125 e. The summed E-state index contributed by atoms with van der Waals surface area (Å²) < 4.78 is 10.7. The SMILES string of the molecule is COc1ccc(CC2CC3=C(CN([O-])C3)C(c3cccc(O)c3)N2[O-])c(OC)c1. The zero-order valence-corrected chi connectivity index (χ0v) is 16.5. The lowest BCUT2D eigenvalue weighted by Crippen LogP contribution is -2.40. The summed E-state index contributed by atoms with van der Waals surface area (Å²) in [5.74, 6) is 1.46. The molecule has 0 aliphatic carbocycles. The molecule has 154 valence electrons. The zero-order chi connectivity index (χ0) is 20.5. The highest BCUT2D eigenvalue weighted by atomic mass is 16.5. The third-order valence-electron chi connectivity index (χ3n) is 5.73. The summed E-state index contributed by atoms with van der Waals surface area (Å²) in [7, 11) is 3.19. The van der Waals surface area contributed by atoms with Gasteiger partial charge >= 0.3 is 0 Å². The average Bonchev–Trinajstić information content (AvgIpc) is 3.08. The number of rotatable bonds is 5. The van der Waals surface area contributed by atoms with Crippen molar-refractivity contribution in [2.24, 2.45) is 0 Å². The van der Waals surface area contributed by atoms with E-state index in [1.165, 1.54) is 0 Å². The van der Waals surface area contributed by atoms with E-state index in [0.29, 0.717) is 36.4 Å². The van der Waals surface area contributed by atoms with E-state index in [-0.39, 0.29) is 18.3 Å². The Morgan fingerprint density at radius 3 is 2.62 bits per heavy atom. The summed E-state index contributed by atoms with van der Waals surface area (Å²) in [6.45, 7) is 0.557. The molecule has 0 amide bonds. The van der Waals surface area contributed by atoms with Gasteiger partial charge in [0.15, 0.2) is 0 Å². The Balaban J connectivity index is 1.67. The van der Waals surface area contributed by atoms with Gasteiger partial charge in [0, 0.05) is 31.2 Å². The second-order valence-electron chi connectivity index (χ2n) is 7.52. The monoisotopic (exact) mass is 396 g/mol. The van der Waals surface area contributed by atoms with Crippen molar-refractivity contribution in [1.29, 1.82) is 0 Å². The second kappa shape index (κ2) is 8.04. The molecule has 7 nitrogen and oxygen atoms in total. The number of methoxy groups -OCH3 is 2. The maximum absolute atomic E-state index is 13.4. The Labute approximate surface area is 169 Å². The topological polar surface area (TPSA) is 91.3 Å². The van der Waals surface area contributed by atoms with E-state index in [2.05, 4.69) is 0 Å². The normalized spacial score (nSPS) is 22.6. The van der Waals surface area contributed by atoms with E-state index in [4.69, 9.17) is 9.47 Å². The smallest absolute Gasteiger partial charge is 0.125 e. The molecular weight excluding hydrogens is 372 g/mol. The van der Waals surface area contributed by atoms with E-state index in [0.717, 1.165) is 26.8 Å². The molecule has 0 saturated carbocycles. The third kappa shape index (κ3) is 3.82. The van der Waals surface area contributed by atoms with Crippen LogP contribution in [0.4, 0.5) is 0 Å². The summed E-state index contributed by atoms with van der Waals surface area (Å²) in [5, 5.41) is 37.5. The standard InChI is InChI=1S/C22H24N2O5/c1-28-19-7-6-14(21(11-19)29-2)8-17-9-16-12-23(26)13-20(16)22(24(17)27)15-4-3-5-18(25)10-15/h3-7,10-11,17,22,25H,8-9,12-13H2,1-2H3/q-2. The van der Waals surface area contributed by atoms with Crippen molar-refractivity contribution in [3.05, 3.63) is 75.2 Å². The molecule has 0 saturated heterocycles. The molecule has 2 atom stereocenters. The van der Waals surface area contributed by atoms with Gasteiger partial charge in [0.1, 0.15) is 17.2 Å². The fourth-order valence-electron chi connectivity index (χ4n) is 4.37. The lowest BCUT2D eigenvalue weighted by atomic mass is 9.85. The third-order valence-corrected chi connectivity index (χ3v) is 5.73. The molecule has 0 aromatic heterocycles. The molecule has 7 heteroatoms. The summed E-state index contributed by atoms with van der Waals surface area (Å²) in [5.41, 5.74) is 3.50. The van der Waals surface area contributed by atoms with Gasteiger partial charge in [0.05, 0.1) is 14.2 Å². The Hall–Kier alpha value is -2.58. The van der Waals surface area contributed by atoms with E-state index in [1.54, 1.807) is 38.5 Å². The molecule has 2 heterocycles. The number of hydrogen-bond donors (Lipinski definition) is 1. The van der Waals surface area contributed by atoms with Crippen molar-refractivity contribution in [2.45, 2.75) is 24.9 Å². The van der Waals surface area contributed by atoms with E-state index < -0.39 is 6.04 Å². The van der Waals surface area contributed by atoms with Crippen molar-refractivity contribution < 1.29 is 14.6 Å². The highest BCUT2D eigenvalue weighted by Crippen LogP contribution is 2.43. The largest absolute Gasteiger partial charge is 0.785 e. The molecule has 29 heavy (non-hydrogen) atoms. The van der Waals surface area contributed by atoms with Crippen LogP contribution in [0.15, 0.2) is 53.6 Å². The maximum atomic E-state index is 13.4. The molecule has 0 radical (unpaired) electrons. The Kier molecular flexibility index (Phi) is 5.47. The van der Waals surface area contributed by atoms with Gasteiger partial charge in [-0.05, 0) is 47.7 Å². The number of hydrogen-bond acceptors (Lipinski definition) is 7. The van der Waals surface area contributed by atoms with Crippen LogP contribution in [0.3, 0.4) is 0 Å². The molecular formula is C22H24N2O5-2. The van der Waals surface area contributed by atoms with E-state index >= 15 is 0 Å². The summed E-state index contributed by atoms with van der Waals surface area (Å²) in [6.07, 6.45) is 1.03. The highest BCUT2D eigenvalue weighted by Gasteiger charge is 2.35. The Morgan fingerprint density at radius 2 is 1.90 bits per heavy atom. The summed E-state index contributed by atoms with van der Waals surface area (Å²) in [4.78, 5) is 0. The first kappa shape index (κ1) is 19.7. The summed E-state index contributed by atoms with van der Waals surface area (Å²) >= 11 is 0. The minimum atomic E-state index is -0.570.